The minimum absolute atomic E-state index is 0.0902. The van der Waals surface area contributed by atoms with Gasteiger partial charge in [-0.3, -0.25) is 4.79 Å². The molecule has 3 rings (SSSR count). The van der Waals surface area contributed by atoms with Crippen molar-refractivity contribution in [1.29, 1.82) is 0 Å². The summed E-state index contributed by atoms with van der Waals surface area (Å²) in [7, 11) is 0. The first kappa shape index (κ1) is 10.0. The molecule has 0 spiro atoms. The first-order valence-electron chi connectivity index (χ1n) is 5.58. The van der Waals surface area contributed by atoms with Crippen LogP contribution in [-0.4, -0.2) is 10.8 Å². The van der Waals surface area contributed by atoms with Crippen LogP contribution in [0.4, 0.5) is 0 Å². The largest absolute Gasteiger partial charge is 0.397 e. The Hall–Kier alpha value is -2.16. The molecule has 1 atom stereocenters. The Kier molecular flexibility index (Phi) is 2.01. The van der Waals surface area contributed by atoms with Crippen molar-refractivity contribution in [3.63, 3.8) is 0 Å². The summed E-state index contributed by atoms with van der Waals surface area (Å²) in [5.41, 5.74) is 8.65. The van der Waals surface area contributed by atoms with Gasteiger partial charge in [0.1, 0.15) is 0 Å². The van der Waals surface area contributed by atoms with E-state index in [0.29, 0.717) is 17.0 Å². The lowest BCUT2D eigenvalue weighted by Gasteiger charge is -2.18. The average molecular weight is 224 g/mol. The molecular formula is C14H12N2O. The van der Waals surface area contributed by atoms with Crippen LogP contribution < -0.4 is 5.73 Å². The molecule has 3 heteroatoms. The molecule has 1 aromatic carbocycles. The Morgan fingerprint density at radius 1 is 1.29 bits per heavy atom. The molecule has 0 radical (unpaired) electrons. The molecule has 1 aliphatic carbocycles. The number of carbonyl (C=O) groups is 1. The molecule has 17 heavy (non-hydrogen) atoms. The van der Waals surface area contributed by atoms with E-state index in [1.54, 1.807) is 6.08 Å². The molecule has 0 fully saturated rings. The highest BCUT2D eigenvalue weighted by molar-refractivity contribution is 6.07. The van der Waals surface area contributed by atoms with Crippen molar-refractivity contribution in [1.82, 2.24) is 4.98 Å². The number of hydrogen-bond donors (Lipinski definition) is 1. The zero-order chi connectivity index (χ0) is 12.0. The van der Waals surface area contributed by atoms with Gasteiger partial charge in [0.15, 0.2) is 5.78 Å². The topological polar surface area (TPSA) is 56.0 Å². The van der Waals surface area contributed by atoms with Crippen LogP contribution in [0.25, 0.3) is 16.6 Å². The van der Waals surface area contributed by atoms with E-state index in [4.69, 9.17) is 5.73 Å². The van der Waals surface area contributed by atoms with Crippen LogP contribution in [0.15, 0.2) is 36.4 Å². The third-order valence-corrected chi connectivity index (χ3v) is 3.11. The summed E-state index contributed by atoms with van der Waals surface area (Å²) >= 11 is 0. The highest BCUT2D eigenvalue weighted by atomic mass is 16.1. The van der Waals surface area contributed by atoms with Crippen LogP contribution >= 0.6 is 0 Å². The van der Waals surface area contributed by atoms with Gasteiger partial charge in [-0.15, -0.1) is 0 Å². The molecular weight excluding hydrogens is 212 g/mol. The molecule has 1 heterocycles. The molecule has 1 aliphatic rings. The van der Waals surface area contributed by atoms with Crippen molar-refractivity contribution in [3.05, 3.63) is 47.7 Å². The number of Topliss-reactive ketones (excluding diaryl/α,β-unsaturated/α-hetero) is 1. The van der Waals surface area contributed by atoms with Crippen molar-refractivity contribution < 1.29 is 4.79 Å². The lowest BCUT2D eigenvalue weighted by atomic mass is 9.90. The number of nitrogens with two attached hydrogens (primary N) is 1. The van der Waals surface area contributed by atoms with Crippen molar-refractivity contribution in [2.24, 2.45) is 11.7 Å². The van der Waals surface area contributed by atoms with E-state index in [1.807, 2.05) is 37.3 Å². The summed E-state index contributed by atoms with van der Waals surface area (Å²) < 4.78 is 0. The number of ketones is 1. The molecule has 1 unspecified atom stereocenters. The minimum Gasteiger partial charge on any atom is -0.397 e. The van der Waals surface area contributed by atoms with E-state index in [9.17, 15) is 4.79 Å². The number of benzene rings is 1. The number of pyridine rings is 1. The third-order valence-electron chi connectivity index (χ3n) is 3.11. The Bertz CT molecular complexity index is 658. The van der Waals surface area contributed by atoms with Gasteiger partial charge in [-0.05, 0) is 18.2 Å². The Morgan fingerprint density at radius 3 is 2.88 bits per heavy atom. The van der Waals surface area contributed by atoms with Crippen LogP contribution in [0.3, 0.4) is 0 Å². The second-order valence-electron chi connectivity index (χ2n) is 4.35. The molecule has 1 aromatic heterocycles. The van der Waals surface area contributed by atoms with Gasteiger partial charge in [-0.1, -0.05) is 25.1 Å². The zero-order valence-corrected chi connectivity index (χ0v) is 9.47. The van der Waals surface area contributed by atoms with Crippen LogP contribution in [-0.2, 0) is 0 Å². The van der Waals surface area contributed by atoms with E-state index < -0.39 is 0 Å². The van der Waals surface area contributed by atoms with Crippen molar-refractivity contribution in [2.75, 3.05) is 0 Å². The van der Waals surface area contributed by atoms with Gasteiger partial charge in [0.2, 0.25) is 0 Å². The fourth-order valence-corrected chi connectivity index (χ4v) is 2.19. The fraction of sp³-hybridized carbons (Fsp3) is 0.143. The normalized spacial score (nSPS) is 19.0. The fourth-order valence-electron chi connectivity index (χ4n) is 2.19. The van der Waals surface area contributed by atoms with Gasteiger partial charge >= 0.3 is 0 Å². The van der Waals surface area contributed by atoms with E-state index in [2.05, 4.69) is 4.98 Å². The molecule has 0 saturated heterocycles. The SMILES string of the molecule is CC1C=C(N)c2nc3ccccc3cc2C1=O. The lowest BCUT2D eigenvalue weighted by Crippen LogP contribution is -2.20. The van der Waals surface area contributed by atoms with Crippen LogP contribution in [0, 0.1) is 5.92 Å². The van der Waals surface area contributed by atoms with Crippen molar-refractivity contribution >= 4 is 22.4 Å². The number of nitrogens with zero attached hydrogens (tertiary/aromatic N) is 1. The summed E-state index contributed by atoms with van der Waals surface area (Å²) in [6.07, 6.45) is 1.77. The Labute approximate surface area is 99.0 Å². The molecule has 84 valence electrons. The van der Waals surface area contributed by atoms with Gasteiger partial charge in [-0.25, -0.2) is 4.98 Å². The van der Waals surface area contributed by atoms with Gasteiger partial charge in [0, 0.05) is 16.9 Å². The molecule has 2 N–H and O–H groups in total. The molecule has 0 bridgehead atoms. The molecule has 0 aliphatic heterocycles. The summed E-state index contributed by atoms with van der Waals surface area (Å²) in [5, 5.41) is 0.974. The first-order chi connectivity index (χ1) is 8.16. The molecule has 3 nitrogen and oxygen atoms in total. The van der Waals surface area contributed by atoms with Crippen molar-refractivity contribution in [3.8, 4) is 0 Å². The third kappa shape index (κ3) is 1.43. The van der Waals surface area contributed by atoms with Gasteiger partial charge in [-0.2, -0.15) is 0 Å². The van der Waals surface area contributed by atoms with E-state index in [0.717, 1.165) is 10.9 Å². The van der Waals surface area contributed by atoms with Gasteiger partial charge in [0.25, 0.3) is 0 Å². The van der Waals surface area contributed by atoms with Crippen LogP contribution in [0.2, 0.25) is 0 Å². The molecule has 2 aromatic rings. The quantitative estimate of drug-likeness (QED) is 0.747. The van der Waals surface area contributed by atoms with Crippen molar-refractivity contribution in [2.45, 2.75) is 6.92 Å². The maximum absolute atomic E-state index is 12.1. The number of hydrogen-bond acceptors (Lipinski definition) is 3. The second kappa shape index (κ2) is 3.42. The highest BCUT2D eigenvalue weighted by Gasteiger charge is 2.24. The van der Waals surface area contributed by atoms with Gasteiger partial charge in [0.05, 0.1) is 16.9 Å². The Balaban J connectivity index is 2.36. The number of allylic oxidation sites excluding steroid dienone is 1. The Morgan fingerprint density at radius 2 is 2.06 bits per heavy atom. The van der Waals surface area contributed by atoms with E-state index in [1.165, 1.54) is 0 Å². The van der Waals surface area contributed by atoms with Gasteiger partial charge < -0.3 is 5.73 Å². The predicted octanol–water partition coefficient (Wildman–Crippen LogP) is 2.37. The number of aromatic nitrogens is 1. The molecule has 0 amide bonds. The maximum atomic E-state index is 12.1. The van der Waals surface area contributed by atoms with E-state index in [-0.39, 0.29) is 11.7 Å². The second-order valence-corrected chi connectivity index (χ2v) is 4.35. The number of para-hydroxylation sites is 1. The number of rotatable bonds is 0. The minimum atomic E-state index is -0.162. The summed E-state index contributed by atoms with van der Waals surface area (Å²) in [6.45, 7) is 1.85. The maximum Gasteiger partial charge on any atom is 0.171 e. The average Bonchev–Trinajstić information content (AvgIpc) is 2.34. The molecule has 0 saturated carbocycles. The summed E-state index contributed by atoms with van der Waals surface area (Å²) in [5.74, 6) is -0.0714. The number of carbonyl (C=O) groups excluding carboxylic acids is 1. The smallest absolute Gasteiger partial charge is 0.171 e. The van der Waals surface area contributed by atoms with Crippen LogP contribution in [0.1, 0.15) is 23.0 Å². The summed E-state index contributed by atoms with van der Waals surface area (Å²) in [6, 6.07) is 9.62. The first-order valence-corrected chi connectivity index (χ1v) is 5.58. The van der Waals surface area contributed by atoms with Crippen LogP contribution in [0.5, 0.6) is 0 Å². The standard InChI is InChI=1S/C14H12N2O/c1-8-6-11(15)13-10(14(8)17)7-9-4-2-3-5-12(9)16-13/h2-8H,15H2,1H3. The lowest BCUT2D eigenvalue weighted by molar-refractivity contribution is 0.0950. The number of fused-ring (bicyclic) bond motifs is 2. The predicted molar refractivity (Wildman–Crippen MR) is 67.4 cm³/mol. The van der Waals surface area contributed by atoms with E-state index >= 15 is 0 Å². The highest BCUT2D eigenvalue weighted by Crippen LogP contribution is 2.27. The summed E-state index contributed by atoms with van der Waals surface area (Å²) in [4.78, 5) is 16.5. The monoisotopic (exact) mass is 224 g/mol. The zero-order valence-electron chi connectivity index (χ0n) is 9.47.